The van der Waals surface area contributed by atoms with Crippen molar-refractivity contribution >= 4 is 11.9 Å². The summed E-state index contributed by atoms with van der Waals surface area (Å²) in [6, 6.07) is 2.50. The molecule has 1 aliphatic heterocycles. The van der Waals surface area contributed by atoms with Gasteiger partial charge >= 0.3 is 6.18 Å². The molecule has 0 atom stereocenters. The summed E-state index contributed by atoms with van der Waals surface area (Å²) in [5.74, 6) is 0.0662. The lowest BCUT2D eigenvalue weighted by atomic mass is 10.2. The fourth-order valence-electron chi connectivity index (χ4n) is 2.56. The third kappa shape index (κ3) is 3.17. The number of carbonyl (C=O) groups excluding carboxylic acids is 1. The molecule has 0 bridgehead atoms. The number of aromatic nitrogens is 4. The van der Waals surface area contributed by atoms with Crippen LogP contribution in [-0.4, -0.2) is 56.7 Å². The fourth-order valence-corrected chi connectivity index (χ4v) is 2.56. The lowest BCUT2D eigenvalue weighted by Crippen LogP contribution is -2.49. The zero-order chi connectivity index (χ0) is 17.3. The predicted molar refractivity (Wildman–Crippen MR) is 78.4 cm³/mol. The molecule has 2 aromatic rings. The molecular formula is C14H15F3N6O. The molecule has 0 N–H and O–H groups in total. The van der Waals surface area contributed by atoms with Crippen LogP contribution in [0.2, 0.25) is 0 Å². The summed E-state index contributed by atoms with van der Waals surface area (Å²) in [6.45, 7) is 1.76. The molecule has 0 radical (unpaired) electrons. The van der Waals surface area contributed by atoms with E-state index in [1.807, 2.05) is 4.90 Å². The van der Waals surface area contributed by atoms with Gasteiger partial charge in [0.1, 0.15) is 5.69 Å². The van der Waals surface area contributed by atoms with Crippen LogP contribution >= 0.6 is 0 Å². The van der Waals surface area contributed by atoms with Crippen LogP contribution in [0.5, 0.6) is 0 Å². The predicted octanol–water partition coefficient (Wildman–Crippen LogP) is 1.19. The van der Waals surface area contributed by atoms with Crippen LogP contribution in [0.4, 0.5) is 19.1 Å². The molecule has 3 rings (SSSR count). The first-order valence-electron chi connectivity index (χ1n) is 7.29. The molecule has 2 aromatic heterocycles. The monoisotopic (exact) mass is 340 g/mol. The first-order chi connectivity index (χ1) is 11.4. The number of rotatable bonds is 2. The van der Waals surface area contributed by atoms with Crippen molar-refractivity contribution in [3.63, 3.8) is 0 Å². The molecular weight excluding hydrogens is 325 g/mol. The Balaban J connectivity index is 1.68. The second-order valence-electron chi connectivity index (χ2n) is 5.36. The van der Waals surface area contributed by atoms with Gasteiger partial charge in [0.25, 0.3) is 5.91 Å². The lowest BCUT2D eigenvalue weighted by Gasteiger charge is -2.34. The van der Waals surface area contributed by atoms with E-state index < -0.39 is 17.8 Å². The number of carbonyl (C=O) groups is 1. The van der Waals surface area contributed by atoms with Gasteiger partial charge in [0.15, 0.2) is 5.69 Å². The van der Waals surface area contributed by atoms with E-state index in [0.717, 1.165) is 6.07 Å². The molecule has 0 unspecified atom stereocenters. The molecule has 0 aliphatic carbocycles. The third-order valence-corrected chi connectivity index (χ3v) is 3.79. The van der Waals surface area contributed by atoms with E-state index >= 15 is 0 Å². The molecule has 1 saturated heterocycles. The van der Waals surface area contributed by atoms with Crippen molar-refractivity contribution in [2.24, 2.45) is 7.05 Å². The van der Waals surface area contributed by atoms with Crippen LogP contribution in [0.25, 0.3) is 0 Å². The molecule has 0 saturated carbocycles. The second-order valence-corrected chi connectivity index (χ2v) is 5.36. The Bertz CT molecular complexity index is 722. The van der Waals surface area contributed by atoms with Gasteiger partial charge in [-0.2, -0.15) is 18.3 Å². The van der Waals surface area contributed by atoms with Gasteiger partial charge in [-0.3, -0.25) is 9.48 Å². The van der Waals surface area contributed by atoms with Crippen LogP contribution < -0.4 is 4.90 Å². The molecule has 1 amide bonds. The number of hydrogen-bond acceptors (Lipinski definition) is 5. The summed E-state index contributed by atoms with van der Waals surface area (Å²) >= 11 is 0. The number of anilines is 1. The summed E-state index contributed by atoms with van der Waals surface area (Å²) in [5.41, 5.74) is -1.14. The molecule has 128 valence electrons. The average molecular weight is 340 g/mol. The summed E-state index contributed by atoms with van der Waals surface area (Å²) < 4.78 is 39.1. The summed E-state index contributed by atoms with van der Waals surface area (Å²) in [4.78, 5) is 24.1. The topological polar surface area (TPSA) is 67.2 Å². The Labute approximate surface area is 135 Å². The minimum Gasteiger partial charge on any atom is -0.337 e. The zero-order valence-corrected chi connectivity index (χ0v) is 12.9. The lowest BCUT2D eigenvalue weighted by molar-refractivity contribution is -0.143. The van der Waals surface area contributed by atoms with E-state index in [4.69, 9.17) is 0 Å². The number of hydrogen-bond donors (Lipinski definition) is 0. The van der Waals surface area contributed by atoms with E-state index in [0.29, 0.717) is 36.8 Å². The Morgan fingerprint density at radius 3 is 2.29 bits per heavy atom. The molecule has 24 heavy (non-hydrogen) atoms. The van der Waals surface area contributed by atoms with Gasteiger partial charge < -0.3 is 9.80 Å². The Kier molecular flexibility index (Phi) is 4.12. The summed E-state index contributed by atoms with van der Waals surface area (Å²) in [6.07, 6.45) is -1.28. The minimum atomic E-state index is -4.54. The van der Waals surface area contributed by atoms with Crippen molar-refractivity contribution in [2.45, 2.75) is 6.18 Å². The van der Waals surface area contributed by atoms with E-state index in [2.05, 4.69) is 15.1 Å². The number of amides is 1. The number of nitrogens with zero attached hydrogens (tertiary/aromatic N) is 6. The quantitative estimate of drug-likeness (QED) is 0.822. The number of aryl methyl sites for hydroxylation is 1. The van der Waals surface area contributed by atoms with E-state index in [9.17, 15) is 18.0 Å². The summed E-state index contributed by atoms with van der Waals surface area (Å²) in [7, 11) is 1.17. The van der Waals surface area contributed by atoms with Gasteiger partial charge in [0, 0.05) is 51.7 Å². The largest absolute Gasteiger partial charge is 0.433 e. The maximum Gasteiger partial charge on any atom is 0.433 e. The van der Waals surface area contributed by atoms with Gasteiger partial charge in [0.2, 0.25) is 5.95 Å². The maximum atomic E-state index is 12.8. The molecule has 7 nitrogen and oxygen atoms in total. The van der Waals surface area contributed by atoms with Crippen LogP contribution in [0.15, 0.2) is 24.5 Å². The van der Waals surface area contributed by atoms with Crippen molar-refractivity contribution in [1.29, 1.82) is 0 Å². The van der Waals surface area contributed by atoms with Crippen molar-refractivity contribution in [3.8, 4) is 0 Å². The van der Waals surface area contributed by atoms with Gasteiger partial charge in [-0.15, -0.1) is 0 Å². The first kappa shape index (κ1) is 16.2. The Hall–Kier alpha value is -2.65. The average Bonchev–Trinajstić information content (AvgIpc) is 2.97. The van der Waals surface area contributed by atoms with E-state index in [1.54, 1.807) is 18.5 Å². The van der Waals surface area contributed by atoms with E-state index in [-0.39, 0.29) is 5.69 Å². The van der Waals surface area contributed by atoms with Crippen molar-refractivity contribution in [3.05, 3.63) is 35.9 Å². The van der Waals surface area contributed by atoms with Gasteiger partial charge in [0.05, 0.1) is 0 Å². The van der Waals surface area contributed by atoms with Crippen LogP contribution in [0.3, 0.4) is 0 Å². The number of alkyl halides is 3. The van der Waals surface area contributed by atoms with Gasteiger partial charge in [-0.05, 0) is 6.07 Å². The Morgan fingerprint density at radius 1 is 1.12 bits per heavy atom. The molecule has 1 aliphatic rings. The van der Waals surface area contributed by atoms with Crippen LogP contribution in [-0.2, 0) is 13.2 Å². The highest BCUT2D eigenvalue weighted by Crippen LogP contribution is 2.29. The molecule has 1 fully saturated rings. The highest BCUT2D eigenvalue weighted by atomic mass is 19.4. The highest BCUT2D eigenvalue weighted by Gasteiger charge is 2.36. The van der Waals surface area contributed by atoms with Crippen molar-refractivity contribution in [2.75, 3.05) is 31.1 Å². The molecule has 10 heteroatoms. The molecule has 0 aromatic carbocycles. The van der Waals surface area contributed by atoms with Gasteiger partial charge in [-0.25, -0.2) is 9.97 Å². The van der Waals surface area contributed by atoms with Crippen molar-refractivity contribution < 1.29 is 18.0 Å². The van der Waals surface area contributed by atoms with Crippen LogP contribution in [0, 0.1) is 0 Å². The van der Waals surface area contributed by atoms with Crippen molar-refractivity contribution in [1.82, 2.24) is 24.6 Å². The van der Waals surface area contributed by atoms with Crippen LogP contribution in [0.1, 0.15) is 16.2 Å². The molecule has 0 spiro atoms. The SMILES string of the molecule is Cn1nc(C(=O)N2CCN(c3ncccn3)CC2)cc1C(F)(F)F. The molecule has 3 heterocycles. The van der Waals surface area contributed by atoms with Gasteiger partial charge in [-0.1, -0.05) is 0 Å². The fraction of sp³-hybridized carbons (Fsp3) is 0.429. The summed E-state index contributed by atoms with van der Waals surface area (Å²) in [5, 5.41) is 3.70. The smallest absolute Gasteiger partial charge is 0.337 e. The third-order valence-electron chi connectivity index (χ3n) is 3.79. The Morgan fingerprint density at radius 2 is 1.75 bits per heavy atom. The second kappa shape index (κ2) is 6.10. The normalized spacial score (nSPS) is 15.7. The maximum absolute atomic E-state index is 12.8. The first-order valence-corrected chi connectivity index (χ1v) is 7.29. The number of piperazine rings is 1. The minimum absolute atomic E-state index is 0.200. The highest BCUT2D eigenvalue weighted by molar-refractivity contribution is 5.92. The van der Waals surface area contributed by atoms with E-state index in [1.165, 1.54) is 11.9 Å². The zero-order valence-electron chi connectivity index (χ0n) is 12.9. The number of halogens is 3. The standard InChI is InChI=1S/C14H15F3N6O/c1-21-11(14(15,16)17)9-10(20-21)12(24)22-5-7-23(8-6-22)13-18-3-2-4-19-13/h2-4,9H,5-8H2,1H3.